The zero-order valence-corrected chi connectivity index (χ0v) is 16.7. The van der Waals surface area contributed by atoms with Gasteiger partial charge in [0.1, 0.15) is 5.82 Å². The molecular weight excluding hydrogens is 364 g/mol. The molecule has 0 saturated carbocycles. The minimum absolute atomic E-state index is 0.0252. The Morgan fingerprint density at radius 3 is 2.59 bits per heavy atom. The van der Waals surface area contributed by atoms with E-state index in [1.54, 1.807) is 30.9 Å². The summed E-state index contributed by atoms with van der Waals surface area (Å²) in [7, 11) is 3.94. The summed E-state index contributed by atoms with van der Waals surface area (Å²) < 4.78 is 0. The molecule has 1 unspecified atom stereocenters. The Balaban J connectivity index is 1.63. The van der Waals surface area contributed by atoms with Crippen LogP contribution in [0.4, 0.5) is 5.82 Å². The van der Waals surface area contributed by atoms with Crippen LogP contribution in [-0.2, 0) is 0 Å². The molecule has 4 heterocycles. The molecule has 1 atom stereocenters. The maximum absolute atomic E-state index is 12.9. The van der Waals surface area contributed by atoms with Crippen molar-refractivity contribution in [2.45, 2.75) is 18.8 Å². The first-order valence-electron chi connectivity index (χ1n) is 9.78. The van der Waals surface area contributed by atoms with Crippen LogP contribution in [0, 0.1) is 0 Å². The van der Waals surface area contributed by atoms with Gasteiger partial charge in [-0.25, -0.2) is 9.97 Å². The standard InChI is InChI=1S/C22H24N6O/c1-27(2)20-12-19(25-21(26-20)16-6-3-9-23-13-16)18-8-5-11-28(15-18)22(29)17-7-4-10-24-14-17/h3-4,6-7,9-10,12-14,18H,5,8,11,15H2,1-2H3. The highest BCUT2D eigenvalue weighted by Crippen LogP contribution is 2.30. The van der Waals surface area contributed by atoms with E-state index in [4.69, 9.17) is 4.98 Å². The lowest BCUT2D eigenvalue weighted by atomic mass is 9.93. The molecule has 29 heavy (non-hydrogen) atoms. The van der Waals surface area contributed by atoms with Crippen molar-refractivity contribution >= 4 is 11.7 Å². The van der Waals surface area contributed by atoms with Crippen LogP contribution in [-0.4, -0.2) is 57.9 Å². The van der Waals surface area contributed by atoms with Gasteiger partial charge in [-0.1, -0.05) is 0 Å². The van der Waals surface area contributed by atoms with Gasteiger partial charge < -0.3 is 9.80 Å². The number of hydrogen-bond donors (Lipinski definition) is 0. The van der Waals surface area contributed by atoms with Crippen LogP contribution in [0.1, 0.15) is 34.8 Å². The summed E-state index contributed by atoms with van der Waals surface area (Å²) in [6.07, 6.45) is 8.76. The number of amides is 1. The summed E-state index contributed by atoms with van der Waals surface area (Å²) in [5, 5.41) is 0. The van der Waals surface area contributed by atoms with Crippen molar-refractivity contribution in [2.24, 2.45) is 0 Å². The predicted octanol–water partition coefficient (Wildman–Crippen LogP) is 3.02. The number of pyridine rings is 2. The smallest absolute Gasteiger partial charge is 0.255 e. The van der Waals surface area contributed by atoms with Crippen molar-refractivity contribution < 1.29 is 4.79 Å². The van der Waals surface area contributed by atoms with Crippen LogP contribution in [0.2, 0.25) is 0 Å². The van der Waals surface area contributed by atoms with E-state index in [0.29, 0.717) is 17.9 Å². The second kappa shape index (κ2) is 8.34. The normalized spacial score (nSPS) is 16.5. The Hall–Kier alpha value is -3.35. The zero-order valence-electron chi connectivity index (χ0n) is 16.7. The molecule has 1 saturated heterocycles. The first-order valence-corrected chi connectivity index (χ1v) is 9.78. The van der Waals surface area contributed by atoms with Crippen molar-refractivity contribution in [1.82, 2.24) is 24.8 Å². The topological polar surface area (TPSA) is 75.1 Å². The average Bonchev–Trinajstić information content (AvgIpc) is 2.79. The van der Waals surface area contributed by atoms with Gasteiger partial charge in [-0.05, 0) is 37.1 Å². The second-order valence-corrected chi connectivity index (χ2v) is 7.44. The van der Waals surface area contributed by atoms with Gasteiger partial charge in [-0.2, -0.15) is 0 Å². The third kappa shape index (κ3) is 4.23. The van der Waals surface area contributed by atoms with Gasteiger partial charge in [-0.3, -0.25) is 14.8 Å². The van der Waals surface area contributed by atoms with Gasteiger partial charge in [-0.15, -0.1) is 0 Å². The molecule has 1 aliphatic heterocycles. The van der Waals surface area contributed by atoms with Gasteiger partial charge >= 0.3 is 0 Å². The number of likely N-dealkylation sites (tertiary alicyclic amines) is 1. The summed E-state index contributed by atoms with van der Waals surface area (Å²) in [5.41, 5.74) is 2.48. The Morgan fingerprint density at radius 2 is 1.90 bits per heavy atom. The quantitative estimate of drug-likeness (QED) is 0.684. The summed E-state index contributed by atoms with van der Waals surface area (Å²) >= 11 is 0. The molecule has 0 radical (unpaired) electrons. The summed E-state index contributed by atoms with van der Waals surface area (Å²) in [6.45, 7) is 1.40. The number of nitrogens with zero attached hydrogens (tertiary/aromatic N) is 6. The van der Waals surface area contributed by atoms with Crippen LogP contribution in [0.25, 0.3) is 11.4 Å². The minimum Gasteiger partial charge on any atom is -0.363 e. The van der Waals surface area contributed by atoms with Crippen LogP contribution in [0.3, 0.4) is 0 Å². The maximum Gasteiger partial charge on any atom is 0.255 e. The van der Waals surface area contributed by atoms with Crippen molar-refractivity contribution in [3.8, 4) is 11.4 Å². The first kappa shape index (κ1) is 19.0. The highest BCUT2D eigenvalue weighted by Gasteiger charge is 2.27. The molecule has 0 aliphatic carbocycles. The summed E-state index contributed by atoms with van der Waals surface area (Å²) in [5.74, 6) is 1.71. The Bertz CT molecular complexity index is 977. The molecule has 0 spiro atoms. The highest BCUT2D eigenvalue weighted by molar-refractivity contribution is 5.94. The van der Waals surface area contributed by atoms with Crippen LogP contribution >= 0.6 is 0 Å². The number of rotatable bonds is 4. The third-order valence-corrected chi connectivity index (χ3v) is 5.15. The fourth-order valence-corrected chi connectivity index (χ4v) is 3.59. The number of carbonyl (C=O) groups excluding carboxylic acids is 1. The number of anilines is 1. The number of hydrogen-bond acceptors (Lipinski definition) is 6. The van der Waals surface area contributed by atoms with E-state index in [1.807, 2.05) is 48.2 Å². The molecule has 148 valence electrons. The molecule has 7 nitrogen and oxygen atoms in total. The van der Waals surface area contributed by atoms with E-state index >= 15 is 0 Å². The average molecular weight is 388 g/mol. The second-order valence-electron chi connectivity index (χ2n) is 7.44. The van der Waals surface area contributed by atoms with E-state index in [9.17, 15) is 4.79 Å². The molecule has 7 heteroatoms. The molecule has 3 aromatic rings. The van der Waals surface area contributed by atoms with E-state index in [1.165, 1.54) is 0 Å². The first-order chi connectivity index (χ1) is 14.1. The Labute approximate surface area is 170 Å². The van der Waals surface area contributed by atoms with Gasteiger partial charge in [0, 0.05) is 69.5 Å². The molecule has 0 bridgehead atoms. The number of piperidine rings is 1. The molecular formula is C22H24N6O. The lowest BCUT2D eigenvalue weighted by Crippen LogP contribution is -2.39. The number of aromatic nitrogens is 4. The van der Waals surface area contributed by atoms with E-state index in [-0.39, 0.29) is 11.8 Å². The van der Waals surface area contributed by atoms with Gasteiger partial charge in [0.05, 0.1) is 11.3 Å². The van der Waals surface area contributed by atoms with Crippen LogP contribution < -0.4 is 4.90 Å². The molecule has 1 amide bonds. The van der Waals surface area contributed by atoms with Crippen LogP contribution in [0.5, 0.6) is 0 Å². The van der Waals surface area contributed by atoms with Gasteiger partial charge in [0.15, 0.2) is 5.82 Å². The van der Waals surface area contributed by atoms with Crippen LogP contribution in [0.15, 0.2) is 55.1 Å². The molecule has 1 aliphatic rings. The SMILES string of the molecule is CN(C)c1cc(C2CCCN(C(=O)c3cccnc3)C2)nc(-c2cccnc2)n1. The molecule has 1 fully saturated rings. The van der Waals surface area contributed by atoms with E-state index in [0.717, 1.165) is 36.5 Å². The minimum atomic E-state index is 0.0252. The fourth-order valence-electron chi connectivity index (χ4n) is 3.59. The number of carbonyl (C=O) groups is 1. The Morgan fingerprint density at radius 1 is 1.10 bits per heavy atom. The van der Waals surface area contributed by atoms with Crippen molar-refractivity contribution in [3.63, 3.8) is 0 Å². The Kier molecular flexibility index (Phi) is 5.46. The third-order valence-electron chi connectivity index (χ3n) is 5.15. The van der Waals surface area contributed by atoms with Crippen molar-refractivity contribution in [2.75, 3.05) is 32.1 Å². The van der Waals surface area contributed by atoms with Crippen molar-refractivity contribution in [3.05, 3.63) is 66.4 Å². The van der Waals surface area contributed by atoms with Gasteiger partial charge in [0.2, 0.25) is 0 Å². The summed E-state index contributed by atoms with van der Waals surface area (Å²) in [4.78, 5) is 34.6. The van der Waals surface area contributed by atoms with E-state index in [2.05, 4.69) is 15.0 Å². The molecule has 0 N–H and O–H groups in total. The largest absolute Gasteiger partial charge is 0.363 e. The molecule has 0 aromatic carbocycles. The lowest BCUT2D eigenvalue weighted by Gasteiger charge is -2.33. The van der Waals surface area contributed by atoms with Gasteiger partial charge in [0.25, 0.3) is 5.91 Å². The lowest BCUT2D eigenvalue weighted by molar-refractivity contribution is 0.0705. The predicted molar refractivity (Wildman–Crippen MR) is 112 cm³/mol. The summed E-state index contributed by atoms with van der Waals surface area (Å²) in [6, 6.07) is 9.49. The highest BCUT2D eigenvalue weighted by atomic mass is 16.2. The molecule has 3 aromatic heterocycles. The monoisotopic (exact) mass is 388 g/mol. The van der Waals surface area contributed by atoms with E-state index < -0.39 is 0 Å². The fraction of sp³-hybridized carbons (Fsp3) is 0.318. The molecule has 4 rings (SSSR count). The zero-order chi connectivity index (χ0) is 20.2. The van der Waals surface area contributed by atoms with Crippen molar-refractivity contribution in [1.29, 1.82) is 0 Å². The maximum atomic E-state index is 12.9.